The number of hydrogen-bond donors (Lipinski definition) is 1. The first-order valence-corrected chi connectivity index (χ1v) is 4.19. The van der Waals surface area contributed by atoms with Crippen LogP contribution in [0.1, 0.15) is 0 Å². The molecular weight excluding hydrogens is 166 g/mol. The average molecular weight is 181 g/mol. The van der Waals surface area contributed by atoms with Crippen molar-refractivity contribution in [1.29, 1.82) is 0 Å². The van der Waals surface area contributed by atoms with Gasteiger partial charge in [-0.1, -0.05) is 0 Å². The van der Waals surface area contributed by atoms with E-state index in [0.29, 0.717) is 12.4 Å². The molecule has 1 rings (SSSR count). The highest BCUT2D eigenvalue weighted by Gasteiger charge is 2.00. The Morgan fingerprint density at radius 3 is 3.00 bits per heavy atom. The molecule has 0 unspecified atom stereocenters. The van der Waals surface area contributed by atoms with Crippen LogP contribution in [-0.2, 0) is 0 Å². The fourth-order valence-corrected chi connectivity index (χ4v) is 1.07. The minimum atomic E-state index is 0.626. The number of methoxy groups -OCH3 is 1. The van der Waals surface area contributed by atoms with Gasteiger partial charge < -0.3 is 15.4 Å². The minimum absolute atomic E-state index is 0.626. The molecule has 0 fully saturated rings. The highest BCUT2D eigenvalue weighted by atomic mass is 16.5. The normalized spacial score (nSPS) is 9.77. The number of hydrogen-bond acceptors (Lipinski definition) is 4. The van der Waals surface area contributed by atoms with Crippen LogP contribution in [-0.4, -0.2) is 32.2 Å². The number of ether oxygens (including phenoxy) is 1. The van der Waals surface area contributed by atoms with Crippen molar-refractivity contribution in [1.82, 2.24) is 4.98 Å². The van der Waals surface area contributed by atoms with Gasteiger partial charge in [0.1, 0.15) is 0 Å². The molecule has 13 heavy (non-hydrogen) atoms. The highest BCUT2D eigenvalue weighted by molar-refractivity contribution is 5.47. The Kier molecular flexibility index (Phi) is 3.52. The molecule has 0 saturated carbocycles. The van der Waals surface area contributed by atoms with E-state index < -0.39 is 0 Å². The molecule has 1 aromatic rings. The number of nitrogens with zero attached hydrogens (tertiary/aromatic N) is 2. The van der Waals surface area contributed by atoms with E-state index in [1.165, 1.54) is 0 Å². The van der Waals surface area contributed by atoms with Crippen LogP contribution in [0.3, 0.4) is 0 Å². The van der Waals surface area contributed by atoms with Gasteiger partial charge >= 0.3 is 0 Å². The molecule has 1 heterocycles. The predicted octanol–water partition coefficient (Wildman–Crippen LogP) is 0.485. The maximum Gasteiger partial charge on any atom is 0.214 e. The SMILES string of the molecule is COc1cc(N(C)CCN)ccn1. The Morgan fingerprint density at radius 1 is 1.62 bits per heavy atom. The first-order valence-electron chi connectivity index (χ1n) is 4.19. The lowest BCUT2D eigenvalue weighted by molar-refractivity contribution is 0.398. The van der Waals surface area contributed by atoms with Gasteiger partial charge in [0.05, 0.1) is 7.11 Å². The molecule has 2 N–H and O–H groups in total. The molecule has 0 spiro atoms. The summed E-state index contributed by atoms with van der Waals surface area (Å²) in [7, 11) is 3.59. The van der Waals surface area contributed by atoms with Crippen LogP contribution in [0.25, 0.3) is 0 Å². The molecule has 0 saturated heterocycles. The topological polar surface area (TPSA) is 51.4 Å². The van der Waals surface area contributed by atoms with Gasteiger partial charge in [0, 0.05) is 38.1 Å². The summed E-state index contributed by atoms with van der Waals surface area (Å²) >= 11 is 0. The third-order valence-electron chi connectivity index (χ3n) is 1.83. The van der Waals surface area contributed by atoms with Crippen molar-refractivity contribution in [2.75, 3.05) is 32.1 Å². The van der Waals surface area contributed by atoms with Crippen molar-refractivity contribution in [3.8, 4) is 5.88 Å². The summed E-state index contributed by atoms with van der Waals surface area (Å²) < 4.78 is 5.01. The lowest BCUT2D eigenvalue weighted by atomic mass is 10.3. The number of nitrogens with two attached hydrogens (primary N) is 1. The minimum Gasteiger partial charge on any atom is -0.481 e. The molecule has 72 valence electrons. The van der Waals surface area contributed by atoms with Crippen molar-refractivity contribution in [3.05, 3.63) is 18.3 Å². The van der Waals surface area contributed by atoms with E-state index >= 15 is 0 Å². The Bertz CT molecular complexity index is 265. The van der Waals surface area contributed by atoms with Gasteiger partial charge in [-0.3, -0.25) is 0 Å². The second-order valence-corrected chi connectivity index (χ2v) is 2.77. The first-order chi connectivity index (χ1) is 6.27. The van der Waals surface area contributed by atoms with Crippen molar-refractivity contribution in [3.63, 3.8) is 0 Å². The molecular formula is C9H15N3O. The van der Waals surface area contributed by atoms with E-state index in [0.717, 1.165) is 12.2 Å². The van der Waals surface area contributed by atoms with Crippen LogP contribution in [0.2, 0.25) is 0 Å². The van der Waals surface area contributed by atoms with Gasteiger partial charge in [-0.25, -0.2) is 4.98 Å². The second-order valence-electron chi connectivity index (χ2n) is 2.77. The average Bonchev–Trinajstić information content (AvgIpc) is 2.18. The fraction of sp³-hybridized carbons (Fsp3) is 0.444. The van der Waals surface area contributed by atoms with Crippen LogP contribution in [0.4, 0.5) is 5.69 Å². The van der Waals surface area contributed by atoms with Crippen LogP contribution < -0.4 is 15.4 Å². The zero-order valence-electron chi connectivity index (χ0n) is 8.03. The molecule has 4 heteroatoms. The quantitative estimate of drug-likeness (QED) is 0.734. The molecule has 0 aliphatic heterocycles. The number of pyridine rings is 1. The molecule has 0 aromatic carbocycles. The Hall–Kier alpha value is -1.29. The summed E-state index contributed by atoms with van der Waals surface area (Å²) in [5.74, 6) is 0.626. The van der Waals surface area contributed by atoms with E-state index in [-0.39, 0.29) is 0 Å². The fourth-order valence-electron chi connectivity index (χ4n) is 1.07. The summed E-state index contributed by atoms with van der Waals surface area (Å²) in [5.41, 5.74) is 6.52. The number of anilines is 1. The zero-order chi connectivity index (χ0) is 9.68. The van der Waals surface area contributed by atoms with Gasteiger partial charge in [-0.15, -0.1) is 0 Å². The summed E-state index contributed by atoms with van der Waals surface area (Å²) in [5, 5.41) is 0. The Balaban J connectivity index is 2.75. The van der Waals surface area contributed by atoms with E-state index in [1.54, 1.807) is 13.3 Å². The summed E-state index contributed by atoms with van der Waals surface area (Å²) in [6.45, 7) is 1.47. The van der Waals surface area contributed by atoms with E-state index in [1.807, 2.05) is 19.2 Å². The summed E-state index contributed by atoms with van der Waals surface area (Å²) in [4.78, 5) is 6.08. The lowest BCUT2D eigenvalue weighted by Crippen LogP contribution is -2.24. The maximum absolute atomic E-state index is 5.45. The number of rotatable bonds is 4. The molecule has 4 nitrogen and oxygen atoms in total. The number of aromatic nitrogens is 1. The second kappa shape index (κ2) is 4.67. The Morgan fingerprint density at radius 2 is 2.38 bits per heavy atom. The standard InChI is InChI=1S/C9H15N3O/c1-12(6-4-10)8-3-5-11-9(7-8)13-2/h3,5,7H,4,6,10H2,1-2H3. The third kappa shape index (κ3) is 2.59. The molecule has 0 bridgehead atoms. The first kappa shape index (κ1) is 9.80. The van der Waals surface area contributed by atoms with Crippen molar-refractivity contribution < 1.29 is 4.74 Å². The molecule has 0 aliphatic rings. The van der Waals surface area contributed by atoms with Crippen LogP contribution in [0.5, 0.6) is 5.88 Å². The largest absolute Gasteiger partial charge is 0.481 e. The van der Waals surface area contributed by atoms with E-state index in [2.05, 4.69) is 9.88 Å². The third-order valence-corrected chi connectivity index (χ3v) is 1.83. The van der Waals surface area contributed by atoms with Crippen molar-refractivity contribution in [2.24, 2.45) is 5.73 Å². The molecule has 0 atom stereocenters. The molecule has 1 aromatic heterocycles. The van der Waals surface area contributed by atoms with Gasteiger partial charge in [0.25, 0.3) is 0 Å². The predicted molar refractivity (Wildman–Crippen MR) is 53.1 cm³/mol. The zero-order valence-corrected chi connectivity index (χ0v) is 8.03. The van der Waals surface area contributed by atoms with E-state index in [4.69, 9.17) is 10.5 Å². The van der Waals surface area contributed by atoms with Crippen molar-refractivity contribution >= 4 is 5.69 Å². The smallest absolute Gasteiger partial charge is 0.214 e. The summed E-state index contributed by atoms with van der Waals surface area (Å²) in [6, 6.07) is 3.81. The van der Waals surface area contributed by atoms with Gasteiger partial charge in [-0.2, -0.15) is 0 Å². The number of likely N-dealkylation sites (N-methyl/N-ethyl adjacent to an activating group) is 1. The van der Waals surface area contributed by atoms with Crippen LogP contribution in [0.15, 0.2) is 18.3 Å². The Labute approximate surface area is 78.3 Å². The van der Waals surface area contributed by atoms with E-state index in [9.17, 15) is 0 Å². The summed E-state index contributed by atoms with van der Waals surface area (Å²) in [6.07, 6.45) is 1.72. The van der Waals surface area contributed by atoms with Crippen LogP contribution in [0, 0.1) is 0 Å². The maximum atomic E-state index is 5.45. The van der Waals surface area contributed by atoms with Gasteiger partial charge in [0.2, 0.25) is 5.88 Å². The van der Waals surface area contributed by atoms with Gasteiger partial charge in [0.15, 0.2) is 0 Å². The molecule has 0 aliphatic carbocycles. The monoisotopic (exact) mass is 181 g/mol. The lowest BCUT2D eigenvalue weighted by Gasteiger charge is -2.18. The molecule has 0 amide bonds. The van der Waals surface area contributed by atoms with Crippen LogP contribution >= 0.6 is 0 Å². The van der Waals surface area contributed by atoms with Crippen molar-refractivity contribution in [2.45, 2.75) is 0 Å². The highest BCUT2D eigenvalue weighted by Crippen LogP contribution is 2.16. The molecule has 0 radical (unpaired) electrons. The van der Waals surface area contributed by atoms with Gasteiger partial charge in [-0.05, 0) is 6.07 Å².